The van der Waals surface area contributed by atoms with Crippen molar-refractivity contribution in [2.24, 2.45) is 5.84 Å². The van der Waals surface area contributed by atoms with E-state index in [9.17, 15) is 4.79 Å². The van der Waals surface area contributed by atoms with E-state index in [0.717, 1.165) is 0 Å². The van der Waals surface area contributed by atoms with Gasteiger partial charge in [-0.15, -0.1) is 0 Å². The lowest BCUT2D eigenvalue weighted by molar-refractivity contribution is 0.112. The van der Waals surface area contributed by atoms with Gasteiger partial charge in [-0.25, -0.2) is 0 Å². The summed E-state index contributed by atoms with van der Waals surface area (Å²) in [5.74, 6) is 5.12. The Hall–Kier alpha value is -1.55. The van der Waals surface area contributed by atoms with Crippen molar-refractivity contribution < 1.29 is 4.79 Å². The topological polar surface area (TPSA) is 81.1 Å². The predicted molar refractivity (Wildman–Crippen MR) is 44.1 cm³/mol. The number of nitrogens with two attached hydrogens (primary N) is 2. The van der Waals surface area contributed by atoms with Crippen LogP contribution in [0.25, 0.3) is 0 Å². The molecule has 1 aromatic carbocycles. The molecule has 0 atom stereocenters. The molecule has 0 unspecified atom stereocenters. The van der Waals surface area contributed by atoms with Crippen LogP contribution >= 0.6 is 0 Å². The number of aldehydes is 1. The number of anilines is 2. The van der Waals surface area contributed by atoms with E-state index in [-0.39, 0.29) is 0 Å². The van der Waals surface area contributed by atoms with Gasteiger partial charge in [0.2, 0.25) is 0 Å². The Kier molecular flexibility index (Phi) is 2.08. The number of hydrogen-bond donors (Lipinski definition) is 3. The van der Waals surface area contributed by atoms with Crippen molar-refractivity contribution in [3.63, 3.8) is 0 Å². The number of benzene rings is 1. The van der Waals surface area contributed by atoms with Crippen LogP contribution in [-0.4, -0.2) is 6.29 Å². The van der Waals surface area contributed by atoms with E-state index in [1.165, 1.54) is 0 Å². The summed E-state index contributed by atoms with van der Waals surface area (Å²) in [5, 5.41) is 0. The fourth-order valence-electron chi connectivity index (χ4n) is 0.767. The highest BCUT2D eigenvalue weighted by Crippen LogP contribution is 2.14. The molecular formula is C7H9N3O. The Balaban J connectivity index is 3.12. The first-order valence-electron chi connectivity index (χ1n) is 3.09. The SMILES string of the molecule is NNc1ccc(N)c(C=O)c1. The van der Waals surface area contributed by atoms with E-state index in [1.54, 1.807) is 18.2 Å². The summed E-state index contributed by atoms with van der Waals surface area (Å²) >= 11 is 0. The second kappa shape index (κ2) is 3.03. The lowest BCUT2D eigenvalue weighted by Crippen LogP contribution is -2.07. The highest BCUT2D eigenvalue weighted by Gasteiger charge is 1.97. The molecule has 0 aliphatic carbocycles. The van der Waals surface area contributed by atoms with Crippen LogP contribution in [0.5, 0.6) is 0 Å². The number of carbonyl (C=O) groups excluding carboxylic acids is 1. The number of hydrogen-bond acceptors (Lipinski definition) is 4. The lowest BCUT2D eigenvalue weighted by atomic mass is 10.2. The Morgan fingerprint density at radius 3 is 2.73 bits per heavy atom. The van der Waals surface area contributed by atoms with Gasteiger partial charge in [-0.3, -0.25) is 10.6 Å². The van der Waals surface area contributed by atoms with Crippen LogP contribution in [0.15, 0.2) is 18.2 Å². The molecule has 4 nitrogen and oxygen atoms in total. The molecule has 11 heavy (non-hydrogen) atoms. The van der Waals surface area contributed by atoms with Crippen molar-refractivity contribution in [2.45, 2.75) is 0 Å². The van der Waals surface area contributed by atoms with Gasteiger partial charge in [0.05, 0.1) is 0 Å². The van der Waals surface area contributed by atoms with Gasteiger partial charge in [0.1, 0.15) is 0 Å². The average Bonchev–Trinajstić information content (AvgIpc) is 2.05. The van der Waals surface area contributed by atoms with E-state index in [0.29, 0.717) is 23.2 Å². The molecule has 0 spiro atoms. The number of nitrogens with one attached hydrogen (secondary N) is 1. The molecule has 0 aliphatic rings. The molecule has 5 N–H and O–H groups in total. The maximum Gasteiger partial charge on any atom is 0.152 e. The van der Waals surface area contributed by atoms with Gasteiger partial charge >= 0.3 is 0 Å². The summed E-state index contributed by atoms with van der Waals surface area (Å²) in [4.78, 5) is 10.3. The molecule has 1 aromatic rings. The van der Waals surface area contributed by atoms with E-state index in [4.69, 9.17) is 11.6 Å². The number of hydrazine groups is 1. The van der Waals surface area contributed by atoms with Gasteiger partial charge in [0, 0.05) is 16.9 Å². The van der Waals surface area contributed by atoms with Gasteiger partial charge in [-0.05, 0) is 18.2 Å². The largest absolute Gasteiger partial charge is 0.398 e. The zero-order valence-corrected chi connectivity index (χ0v) is 5.87. The molecule has 0 saturated heterocycles. The molecule has 0 saturated carbocycles. The fourth-order valence-corrected chi connectivity index (χ4v) is 0.767. The van der Waals surface area contributed by atoms with E-state index in [2.05, 4.69) is 5.43 Å². The first-order chi connectivity index (χ1) is 5.27. The Morgan fingerprint density at radius 1 is 1.45 bits per heavy atom. The smallest absolute Gasteiger partial charge is 0.152 e. The van der Waals surface area contributed by atoms with Crippen LogP contribution in [-0.2, 0) is 0 Å². The minimum atomic E-state index is 0.445. The quantitative estimate of drug-likeness (QED) is 0.247. The van der Waals surface area contributed by atoms with E-state index < -0.39 is 0 Å². The molecule has 0 amide bonds. The zero-order valence-electron chi connectivity index (χ0n) is 5.87. The van der Waals surface area contributed by atoms with E-state index >= 15 is 0 Å². The monoisotopic (exact) mass is 151 g/mol. The highest BCUT2D eigenvalue weighted by molar-refractivity contribution is 5.85. The summed E-state index contributed by atoms with van der Waals surface area (Å²) in [6, 6.07) is 4.91. The van der Waals surface area contributed by atoms with Crippen molar-refractivity contribution in [1.82, 2.24) is 0 Å². The summed E-state index contributed by atoms with van der Waals surface area (Å²) in [6.07, 6.45) is 0.691. The minimum Gasteiger partial charge on any atom is -0.398 e. The normalized spacial score (nSPS) is 9.18. The van der Waals surface area contributed by atoms with Crippen LogP contribution in [0.1, 0.15) is 10.4 Å². The van der Waals surface area contributed by atoms with Gasteiger partial charge in [0.15, 0.2) is 6.29 Å². The zero-order chi connectivity index (χ0) is 8.27. The first-order valence-corrected chi connectivity index (χ1v) is 3.09. The number of nitrogen functional groups attached to an aromatic ring is 2. The Labute approximate surface area is 64.2 Å². The highest BCUT2D eigenvalue weighted by atomic mass is 16.1. The summed E-state index contributed by atoms with van der Waals surface area (Å²) < 4.78 is 0. The molecule has 0 aliphatic heterocycles. The number of carbonyl (C=O) groups is 1. The maximum atomic E-state index is 10.3. The average molecular weight is 151 g/mol. The predicted octanol–water partition coefficient (Wildman–Crippen LogP) is 0.367. The third-order valence-corrected chi connectivity index (χ3v) is 1.38. The fraction of sp³-hybridized carbons (Fsp3) is 0. The van der Waals surface area contributed by atoms with Crippen molar-refractivity contribution >= 4 is 17.7 Å². The third-order valence-electron chi connectivity index (χ3n) is 1.38. The van der Waals surface area contributed by atoms with Gasteiger partial charge in [-0.1, -0.05) is 0 Å². The summed E-state index contributed by atoms with van der Waals surface area (Å²) in [6.45, 7) is 0. The van der Waals surface area contributed by atoms with Crippen molar-refractivity contribution in [3.8, 4) is 0 Å². The van der Waals surface area contributed by atoms with Crippen LogP contribution in [0.3, 0.4) is 0 Å². The van der Waals surface area contributed by atoms with Crippen molar-refractivity contribution in [2.75, 3.05) is 11.2 Å². The molecule has 1 rings (SSSR count). The first kappa shape index (κ1) is 7.56. The lowest BCUT2D eigenvalue weighted by Gasteiger charge is -2.01. The molecule has 0 aromatic heterocycles. The molecular weight excluding hydrogens is 142 g/mol. The third kappa shape index (κ3) is 1.47. The van der Waals surface area contributed by atoms with Crippen molar-refractivity contribution in [3.05, 3.63) is 23.8 Å². The van der Waals surface area contributed by atoms with Crippen LogP contribution in [0.2, 0.25) is 0 Å². The van der Waals surface area contributed by atoms with Gasteiger partial charge in [-0.2, -0.15) is 0 Å². The van der Waals surface area contributed by atoms with Crippen LogP contribution < -0.4 is 17.0 Å². The molecule has 58 valence electrons. The molecule has 0 fully saturated rings. The molecule has 0 heterocycles. The molecule has 0 radical (unpaired) electrons. The second-order valence-corrected chi connectivity index (χ2v) is 2.11. The van der Waals surface area contributed by atoms with Crippen LogP contribution in [0.4, 0.5) is 11.4 Å². The standard InChI is InChI=1S/C7H9N3O/c8-7-2-1-6(10-9)3-5(7)4-11/h1-4,10H,8-9H2. The number of rotatable bonds is 2. The van der Waals surface area contributed by atoms with Crippen LogP contribution in [0, 0.1) is 0 Å². The van der Waals surface area contributed by atoms with E-state index in [1.807, 2.05) is 0 Å². The summed E-state index contributed by atoms with van der Waals surface area (Å²) in [7, 11) is 0. The molecule has 0 bridgehead atoms. The second-order valence-electron chi connectivity index (χ2n) is 2.11. The minimum absolute atomic E-state index is 0.445. The van der Waals surface area contributed by atoms with Gasteiger partial charge in [0.25, 0.3) is 0 Å². The summed E-state index contributed by atoms with van der Waals surface area (Å²) in [5.41, 5.74) is 9.44. The van der Waals surface area contributed by atoms with Crippen molar-refractivity contribution in [1.29, 1.82) is 0 Å². The Morgan fingerprint density at radius 2 is 2.18 bits per heavy atom. The van der Waals surface area contributed by atoms with Gasteiger partial charge < -0.3 is 11.2 Å². The molecule has 4 heteroatoms. The Bertz CT molecular complexity index is 272. The maximum absolute atomic E-state index is 10.3.